The van der Waals surface area contributed by atoms with Gasteiger partial charge < -0.3 is 90.0 Å². The van der Waals surface area contributed by atoms with Crippen LogP contribution in [0.3, 0.4) is 0 Å². The molecule has 46 nitrogen and oxygen atoms in total. The molecule has 0 radical (unpaired) electrons. The molecule has 12 atom stereocenters. The first kappa shape index (κ1) is 98.9. The van der Waals surface area contributed by atoms with Crippen molar-refractivity contribution in [3.8, 4) is 0 Å². The smallest absolute Gasteiger partial charge is 0.285 e. The summed E-state index contributed by atoms with van der Waals surface area (Å²) in [5, 5.41) is 59.6. The molecular weight excluding hydrogens is 1550 g/mol. The van der Waals surface area contributed by atoms with Gasteiger partial charge in [0, 0.05) is 19.5 Å². The number of nitrogens with zero attached hydrogens (tertiary/aromatic N) is 2. The normalized spacial score (nSPS) is 21.1. The van der Waals surface area contributed by atoms with Gasteiger partial charge in [-0.1, -0.05) is 54.4 Å². The number of carbonyl (C=O) groups excluding carboxylic acids is 11. The van der Waals surface area contributed by atoms with Crippen LogP contribution in [0, 0.1) is 22.7 Å². The number of hydrogen-bond donors (Lipinski definition) is 22. The number of rotatable bonds is 44. The highest BCUT2D eigenvalue weighted by Gasteiger charge is 2.39. The van der Waals surface area contributed by atoms with Gasteiger partial charge in [0.1, 0.15) is 83.9 Å². The van der Waals surface area contributed by atoms with Gasteiger partial charge in [-0.05, 0) is 116 Å². The lowest BCUT2D eigenvalue weighted by Gasteiger charge is -2.29. The molecule has 0 aromatic rings. The van der Waals surface area contributed by atoms with E-state index in [1.807, 2.05) is 13.8 Å². The molecule has 0 aliphatic carbocycles. The summed E-state index contributed by atoms with van der Waals surface area (Å²) in [4.78, 5) is 170. The summed E-state index contributed by atoms with van der Waals surface area (Å²) >= 11 is 0. The van der Waals surface area contributed by atoms with Gasteiger partial charge in [-0.15, -0.1) is 4.91 Å². The number of unbranched alkanes of at least 4 members (excludes halogenated alkanes) is 1. The molecular formula is C57H107N17O29S5. The maximum Gasteiger partial charge on any atom is 0.285 e. The molecule has 1 saturated heterocycles. The molecule has 0 spiro atoms. The number of nitroso groups, excluding NO2 is 1. The van der Waals surface area contributed by atoms with Crippen molar-refractivity contribution in [2.24, 2.45) is 23.0 Å². The number of aliphatic hydroxyl groups excluding tert-OH is 2. The van der Waals surface area contributed by atoms with E-state index in [0.29, 0.717) is 12.8 Å². The molecule has 0 bridgehead atoms. The first-order valence-corrected chi connectivity index (χ1v) is 42.2. The van der Waals surface area contributed by atoms with Crippen LogP contribution in [-0.4, -0.2) is 286 Å². The minimum atomic E-state index is -5.06. The van der Waals surface area contributed by atoms with E-state index in [1.165, 1.54) is 0 Å². The Hall–Kier alpha value is -7.12. The van der Waals surface area contributed by atoms with Crippen LogP contribution in [0.2, 0.25) is 0 Å². The van der Waals surface area contributed by atoms with E-state index >= 15 is 0 Å². The summed E-state index contributed by atoms with van der Waals surface area (Å²) in [7, 11) is -23.9. The molecule has 22 N–H and O–H groups in total. The Balaban J connectivity index is 4.42. The van der Waals surface area contributed by atoms with Crippen LogP contribution in [0.25, 0.3) is 0 Å². The van der Waals surface area contributed by atoms with Crippen LogP contribution >= 0.6 is 0 Å². The van der Waals surface area contributed by atoms with Gasteiger partial charge in [-0.2, -0.15) is 42.1 Å². The van der Waals surface area contributed by atoms with Gasteiger partial charge in [0.15, 0.2) is 5.88 Å². The Bertz CT molecular complexity index is 3600. The van der Waals surface area contributed by atoms with Gasteiger partial charge in [0.2, 0.25) is 65.0 Å². The third kappa shape index (κ3) is 44.5. The summed E-state index contributed by atoms with van der Waals surface area (Å²) in [5.41, 5.74) is 0. The maximum absolute atomic E-state index is 15.0. The van der Waals surface area contributed by atoms with Crippen molar-refractivity contribution < 1.29 is 128 Å². The number of hydrogen-bond acceptors (Lipinski definition) is 29. The van der Waals surface area contributed by atoms with Gasteiger partial charge >= 0.3 is 0 Å². The number of carbonyl (C=O) groups is 11. The van der Waals surface area contributed by atoms with Crippen molar-refractivity contribution in [1.82, 2.24) is 84.8 Å². The Labute approximate surface area is 626 Å². The number of aliphatic hydroxyl groups is 2. The standard InChI is InChI=1S/C57H107N17O29S5/c1-32(2)11-9-10-12-45(77)63-37(13-19-58-27-104(89,90)91)52(82)72-47(36(8)76)57(87)68-39(15-21-60-29-106(95,96)97)49(79)65-41-17-23-62-56(86)46(35(7)75)71-53(83)40(16-22-61-30-107(98,99)100)64-48(78)38(14-20-59-28-105(92,93)94)66-54(84)43(25-33(3)4)70-55(85)44(26-34(5)6)69-51(81)42(67-50(41)80)18-24-74(73-88)31-108(101,102)103/h32-44,46-47,58-61,75-76H,9-31H2,1-8H3,(H,62,86)(H,63,77)(H,64,78)(H,65,79)(H,66,84)(H,67,80)(H,68,87)(H,69,81)(H,70,85)(H,71,83)(H,72,82)(H,89,90,91)(H,92,93,94)(H,95,96,97)(H,98,99,100)(H,101,102,103)/t35-,36-,37+,38+,39+,40+,41+,42+,43+,44-,46+,47+/m1/s1. The summed E-state index contributed by atoms with van der Waals surface area (Å²) < 4.78 is 164. The second-order valence-corrected chi connectivity index (χ2v) is 34.1. The molecule has 51 heteroatoms. The monoisotopic (exact) mass is 1650 g/mol. The van der Waals surface area contributed by atoms with Crippen molar-refractivity contribution in [3.63, 3.8) is 0 Å². The predicted octanol–water partition coefficient (Wildman–Crippen LogP) is -8.06. The predicted molar refractivity (Wildman–Crippen MR) is 382 cm³/mol. The fourth-order valence-corrected chi connectivity index (χ4v) is 12.3. The first-order chi connectivity index (χ1) is 49.8. The van der Waals surface area contributed by atoms with E-state index in [9.17, 15) is 133 Å². The zero-order valence-electron chi connectivity index (χ0n) is 61.0. The quantitative estimate of drug-likeness (QED) is 0.0117. The second-order valence-electron chi connectivity index (χ2n) is 26.9. The summed E-state index contributed by atoms with van der Waals surface area (Å²) in [6.45, 7) is 8.44. The molecule has 0 saturated carbocycles. The molecule has 108 heavy (non-hydrogen) atoms. The van der Waals surface area contributed by atoms with E-state index < -0.39 is 301 Å². The van der Waals surface area contributed by atoms with E-state index in [-0.39, 0.29) is 36.7 Å². The van der Waals surface area contributed by atoms with Crippen molar-refractivity contribution in [2.75, 3.05) is 68.7 Å². The van der Waals surface area contributed by atoms with Crippen molar-refractivity contribution in [1.29, 1.82) is 0 Å². The molecule has 1 fully saturated rings. The van der Waals surface area contributed by atoms with Crippen LogP contribution in [0.1, 0.15) is 132 Å². The van der Waals surface area contributed by atoms with E-state index in [1.54, 1.807) is 27.7 Å². The van der Waals surface area contributed by atoms with Crippen LogP contribution in [0.5, 0.6) is 0 Å². The molecule has 624 valence electrons. The lowest BCUT2D eigenvalue weighted by Crippen LogP contribution is -2.62. The third-order valence-electron chi connectivity index (χ3n) is 15.5. The zero-order valence-corrected chi connectivity index (χ0v) is 65.1. The van der Waals surface area contributed by atoms with Crippen LogP contribution in [0.15, 0.2) is 5.29 Å². The Kier molecular flexibility index (Phi) is 43.8. The van der Waals surface area contributed by atoms with Gasteiger partial charge in [-0.3, -0.25) is 75.5 Å². The molecule has 1 aliphatic heterocycles. The number of nitrogens with one attached hydrogen (secondary N) is 15. The topological polar surface area (TPSA) is 713 Å². The van der Waals surface area contributed by atoms with Gasteiger partial charge in [0.05, 0.1) is 17.5 Å². The average Bonchev–Trinajstić information content (AvgIpc) is 0.922. The van der Waals surface area contributed by atoms with Crippen molar-refractivity contribution in [3.05, 3.63) is 4.91 Å². The molecule has 0 unspecified atom stereocenters. The maximum atomic E-state index is 15.0. The van der Waals surface area contributed by atoms with Crippen LogP contribution < -0.4 is 79.8 Å². The fraction of sp³-hybridized carbons (Fsp3) is 0.807. The third-order valence-corrected chi connectivity index (χ3v) is 18.4. The lowest BCUT2D eigenvalue weighted by molar-refractivity contribution is -0.137. The molecule has 11 amide bonds. The minimum Gasteiger partial charge on any atom is -0.391 e. The highest BCUT2D eigenvalue weighted by molar-refractivity contribution is 7.86. The molecule has 0 aromatic carbocycles. The summed E-state index contributed by atoms with van der Waals surface area (Å²) in [6.07, 6.45) is -6.79. The fourth-order valence-electron chi connectivity index (χ4n) is 10.2. The van der Waals surface area contributed by atoms with Crippen molar-refractivity contribution >= 4 is 116 Å². The van der Waals surface area contributed by atoms with Gasteiger partial charge in [0.25, 0.3) is 50.6 Å². The Morgan fingerprint density at radius 1 is 0.472 bits per heavy atom. The van der Waals surface area contributed by atoms with E-state index in [2.05, 4.69) is 85.0 Å². The molecule has 0 aromatic heterocycles. The Morgan fingerprint density at radius 2 is 0.880 bits per heavy atom. The van der Waals surface area contributed by atoms with E-state index in [4.69, 9.17) is 0 Å². The largest absolute Gasteiger partial charge is 0.391 e. The van der Waals surface area contributed by atoms with Crippen LogP contribution in [-0.2, 0) is 103 Å². The zero-order chi connectivity index (χ0) is 82.7. The lowest BCUT2D eigenvalue weighted by atomic mass is 9.99. The molecule has 1 rings (SSSR count). The SMILES string of the molecule is CC(C)CCCCC(=O)N[C@@H](CCNCS(=O)(=O)O)C(=O)N[C@H](C(=O)N[C@@H](CCNCS(=O)(=O)O)C(=O)N[C@H]1CCNC(=O)[C@H]([C@@H](C)O)NC(=O)[C@H](CCNCS(=O)(=O)O)NC(=O)[C@H](CCNCS(=O)(=O)O)NC(=O)[C@H](CC(C)C)NC(=O)[C@@H](CC(C)C)NC(=O)[C@H](CCN(CS(=O)(=O)O)N=O)NC1=O)[C@@H](C)O. The Morgan fingerprint density at radius 3 is 1.29 bits per heavy atom. The highest BCUT2D eigenvalue weighted by atomic mass is 32.2. The van der Waals surface area contributed by atoms with E-state index in [0.717, 1.165) is 20.3 Å². The molecule has 1 aliphatic rings. The summed E-state index contributed by atoms with van der Waals surface area (Å²) in [6, 6.07) is -19.1. The molecule has 1 heterocycles. The summed E-state index contributed by atoms with van der Waals surface area (Å²) in [5.74, 6) is -20.2. The van der Waals surface area contributed by atoms with Crippen molar-refractivity contribution in [2.45, 2.75) is 205 Å². The number of amides is 11. The highest BCUT2D eigenvalue weighted by Crippen LogP contribution is 2.14. The first-order valence-electron chi connectivity index (χ1n) is 34.1. The average molecular weight is 1650 g/mol. The van der Waals surface area contributed by atoms with Gasteiger partial charge in [-0.25, -0.2) is 5.01 Å². The van der Waals surface area contributed by atoms with Crippen LogP contribution in [0.4, 0.5) is 0 Å². The second kappa shape index (κ2) is 47.8. The minimum absolute atomic E-state index is 0.103.